The zero-order chi connectivity index (χ0) is 15.7. The molecule has 5 heteroatoms. The number of halogens is 1. The number of hydrazone groups is 1. The Bertz CT molecular complexity index is 610. The van der Waals surface area contributed by atoms with Crippen LogP contribution in [0.25, 0.3) is 0 Å². The van der Waals surface area contributed by atoms with Crippen LogP contribution < -0.4 is 0 Å². The Morgan fingerprint density at radius 2 is 2.09 bits per heavy atom. The van der Waals surface area contributed by atoms with Crippen LogP contribution in [0.3, 0.4) is 0 Å². The molecule has 0 saturated heterocycles. The number of rotatable bonds is 2. The lowest BCUT2D eigenvalue weighted by Gasteiger charge is -2.40. The second kappa shape index (κ2) is 6.01. The van der Waals surface area contributed by atoms with Gasteiger partial charge in [-0.05, 0) is 38.0 Å². The van der Waals surface area contributed by atoms with Crippen molar-refractivity contribution < 1.29 is 9.90 Å². The van der Waals surface area contributed by atoms with Crippen molar-refractivity contribution in [2.45, 2.75) is 51.2 Å². The van der Waals surface area contributed by atoms with Gasteiger partial charge < -0.3 is 5.11 Å². The topological polar surface area (TPSA) is 52.9 Å². The Morgan fingerprint density at radius 3 is 2.77 bits per heavy atom. The van der Waals surface area contributed by atoms with Crippen molar-refractivity contribution in [1.82, 2.24) is 5.01 Å². The summed E-state index contributed by atoms with van der Waals surface area (Å²) in [5, 5.41) is 17.3. The van der Waals surface area contributed by atoms with Gasteiger partial charge in [0.1, 0.15) is 0 Å². The second-order valence-corrected chi connectivity index (χ2v) is 6.79. The number of aliphatic hydroxyl groups is 1. The highest BCUT2D eigenvalue weighted by Crippen LogP contribution is 2.41. The highest BCUT2D eigenvalue weighted by Gasteiger charge is 2.49. The van der Waals surface area contributed by atoms with E-state index in [-0.39, 0.29) is 11.8 Å². The van der Waals surface area contributed by atoms with Gasteiger partial charge in [-0.1, -0.05) is 36.9 Å². The van der Waals surface area contributed by atoms with E-state index in [9.17, 15) is 9.90 Å². The van der Waals surface area contributed by atoms with E-state index in [1.54, 1.807) is 24.3 Å². The van der Waals surface area contributed by atoms with Crippen molar-refractivity contribution in [2.75, 3.05) is 0 Å². The molecule has 0 spiro atoms. The highest BCUT2D eigenvalue weighted by atomic mass is 35.5. The molecule has 118 valence electrons. The summed E-state index contributed by atoms with van der Waals surface area (Å²) in [5.74, 6) is -0.196. The maximum atomic E-state index is 12.8. The molecule has 1 saturated carbocycles. The minimum absolute atomic E-state index is 0.0885. The molecule has 2 aliphatic rings. The summed E-state index contributed by atoms with van der Waals surface area (Å²) in [4.78, 5) is 12.8. The third kappa shape index (κ3) is 2.77. The normalized spacial score (nSPS) is 26.1. The molecule has 1 aromatic carbocycles. The van der Waals surface area contributed by atoms with E-state index >= 15 is 0 Å². The Hall–Kier alpha value is -1.39. The Morgan fingerprint density at radius 1 is 1.36 bits per heavy atom. The van der Waals surface area contributed by atoms with E-state index in [0.717, 1.165) is 31.4 Å². The van der Waals surface area contributed by atoms with Crippen molar-refractivity contribution in [2.24, 2.45) is 11.0 Å². The van der Waals surface area contributed by atoms with Crippen LogP contribution in [0.1, 0.15) is 55.8 Å². The Labute approximate surface area is 135 Å². The number of carbonyl (C=O) groups is 1. The van der Waals surface area contributed by atoms with Gasteiger partial charge in [-0.15, -0.1) is 0 Å². The van der Waals surface area contributed by atoms with E-state index in [1.807, 2.05) is 6.92 Å². The van der Waals surface area contributed by atoms with Gasteiger partial charge >= 0.3 is 0 Å². The zero-order valence-corrected chi connectivity index (χ0v) is 13.5. The summed E-state index contributed by atoms with van der Waals surface area (Å²) in [7, 11) is 0. The first-order valence-electron chi connectivity index (χ1n) is 7.87. The van der Waals surface area contributed by atoms with Crippen LogP contribution >= 0.6 is 11.6 Å². The van der Waals surface area contributed by atoms with Crippen LogP contribution in [0.4, 0.5) is 0 Å². The molecule has 1 amide bonds. The van der Waals surface area contributed by atoms with Crippen molar-refractivity contribution in [1.29, 1.82) is 0 Å². The average molecular weight is 321 g/mol. The summed E-state index contributed by atoms with van der Waals surface area (Å²) in [6, 6.07) is 6.79. The second-order valence-electron chi connectivity index (χ2n) is 6.35. The molecule has 4 nitrogen and oxygen atoms in total. The first kappa shape index (κ1) is 15.5. The SMILES string of the molecule is CC1=NN(C(=O)c2cccc(Cl)c2)[C@@](O)(C2CCCCC2)C1. The van der Waals surface area contributed by atoms with Crippen LogP contribution in [-0.2, 0) is 0 Å². The molecule has 1 atom stereocenters. The van der Waals surface area contributed by atoms with Gasteiger partial charge in [-0.25, -0.2) is 0 Å². The molecule has 1 heterocycles. The van der Waals surface area contributed by atoms with Crippen molar-refractivity contribution in [3.8, 4) is 0 Å². The lowest BCUT2D eigenvalue weighted by Crippen LogP contribution is -2.52. The molecular weight excluding hydrogens is 300 g/mol. The lowest BCUT2D eigenvalue weighted by atomic mass is 9.79. The van der Waals surface area contributed by atoms with Crippen LogP contribution in [0.2, 0.25) is 5.02 Å². The Balaban J connectivity index is 1.90. The fourth-order valence-electron chi connectivity index (χ4n) is 3.59. The number of nitrogens with zero attached hydrogens (tertiary/aromatic N) is 2. The van der Waals surface area contributed by atoms with Crippen LogP contribution in [0.15, 0.2) is 29.4 Å². The molecule has 1 fully saturated rings. The summed E-state index contributed by atoms with van der Waals surface area (Å²) in [6.07, 6.45) is 5.73. The van der Waals surface area contributed by atoms with Gasteiger partial charge in [-0.3, -0.25) is 4.79 Å². The molecule has 0 aromatic heterocycles. The molecule has 1 aromatic rings. The van der Waals surface area contributed by atoms with Gasteiger partial charge in [0, 0.05) is 28.6 Å². The predicted octanol–water partition coefficient (Wildman–Crippen LogP) is 3.83. The van der Waals surface area contributed by atoms with Gasteiger partial charge in [0.05, 0.1) is 0 Å². The fourth-order valence-corrected chi connectivity index (χ4v) is 3.78. The number of hydrogen-bond donors (Lipinski definition) is 1. The quantitative estimate of drug-likeness (QED) is 0.900. The third-order valence-corrected chi connectivity index (χ3v) is 4.91. The molecule has 1 aliphatic heterocycles. The number of carbonyl (C=O) groups excluding carboxylic acids is 1. The van der Waals surface area contributed by atoms with Crippen LogP contribution in [0, 0.1) is 5.92 Å². The Kier molecular flexibility index (Phi) is 4.24. The molecule has 0 unspecified atom stereocenters. The van der Waals surface area contributed by atoms with Gasteiger partial charge in [0.25, 0.3) is 5.91 Å². The molecule has 1 N–H and O–H groups in total. The maximum Gasteiger partial charge on any atom is 0.276 e. The largest absolute Gasteiger partial charge is 0.368 e. The van der Waals surface area contributed by atoms with Crippen molar-refractivity contribution >= 4 is 23.2 Å². The van der Waals surface area contributed by atoms with Gasteiger partial charge in [0.2, 0.25) is 0 Å². The standard InChI is InChI=1S/C17H21ClN2O2/c1-12-11-17(22,14-7-3-2-4-8-14)20(19-12)16(21)13-6-5-9-15(18)10-13/h5-6,9-10,14,22H,2-4,7-8,11H2,1H3/t17-/m0/s1. The van der Waals surface area contributed by atoms with E-state index in [0.29, 0.717) is 17.0 Å². The molecule has 22 heavy (non-hydrogen) atoms. The first-order chi connectivity index (χ1) is 10.5. The summed E-state index contributed by atoms with van der Waals surface area (Å²) in [6.45, 7) is 1.86. The number of hydrogen-bond acceptors (Lipinski definition) is 3. The lowest BCUT2D eigenvalue weighted by molar-refractivity contribution is -0.122. The first-order valence-corrected chi connectivity index (χ1v) is 8.25. The van der Waals surface area contributed by atoms with Gasteiger partial charge in [-0.2, -0.15) is 10.1 Å². The molecule has 3 rings (SSSR count). The summed E-state index contributed by atoms with van der Waals surface area (Å²) < 4.78 is 0. The monoisotopic (exact) mass is 320 g/mol. The fraction of sp³-hybridized carbons (Fsp3) is 0.529. The minimum Gasteiger partial charge on any atom is -0.368 e. The van der Waals surface area contributed by atoms with E-state index in [1.165, 1.54) is 11.4 Å². The summed E-state index contributed by atoms with van der Waals surface area (Å²) >= 11 is 5.97. The molecule has 0 bridgehead atoms. The van der Waals surface area contributed by atoms with Gasteiger partial charge in [0.15, 0.2) is 5.72 Å². The van der Waals surface area contributed by atoms with E-state index in [2.05, 4.69) is 5.10 Å². The smallest absolute Gasteiger partial charge is 0.276 e. The average Bonchev–Trinajstić information content (AvgIpc) is 2.83. The summed E-state index contributed by atoms with van der Waals surface area (Å²) in [5.41, 5.74) is 0.0628. The van der Waals surface area contributed by atoms with Crippen molar-refractivity contribution in [3.63, 3.8) is 0 Å². The van der Waals surface area contributed by atoms with E-state index < -0.39 is 5.72 Å². The van der Waals surface area contributed by atoms with Crippen LogP contribution in [-0.4, -0.2) is 27.5 Å². The van der Waals surface area contributed by atoms with Crippen LogP contribution in [0.5, 0.6) is 0 Å². The molecule has 0 radical (unpaired) electrons. The molecule has 1 aliphatic carbocycles. The number of amides is 1. The molecular formula is C17H21ClN2O2. The van der Waals surface area contributed by atoms with Crippen molar-refractivity contribution in [3.05, 3.63) is 34.9 Å². The highest BCUT2D eigenvalue weighted by molar-refractivity contribution is 6.31. The third-order valence-electron chi connectivity index (χ3n) is 4.68. The minimum atomic E-state index is -1.19. The van der Waals surface area contributed by atoms with E-state index in [4.69, 9.17) is 11.6 Å². The maximum absolute atomic E-state index is 12.8. The number of benzene rings is 1. The zero-order valence-electron chi connectivity index (χ0n) is 12.8. The predicted molar refractivity (Wildman–Crippen MR) is 86.9 cm³/mol.